The van der Waals surface area contributed by atoms with Crippen molar-refractivity contribution in [3.8, 4) is 11.8 Å². The summed E-state index contributed by atoms with van der Waals surface area (Å²) in [5.41, 5.74) is 1.29. The molecule has 1 saturated carbocycles. The highest BCUT2D eigenvalue weighted by Crippen LogP contribution is 2.36. The largest absolute Gasteiger partial charge is 0.372 e. The number of benzene rings is 1. The predicted octanol–water partition coefficient (Wildman–Crippen LogP) is 3.35. The van der Waals surface area contributed by atoms with Crippen LogP contribution in [-0.4, -0.2) is 35.9 Å². The monoisotopic (exact) mass is 395 g/mol. The number of Topliss-reactive ketones (excluding diaryl/α,β-unsaturated/α-hetero) is 1. The van der Waals surface area contributed by atoms with Crippen molar-refractivity contribution in [2.24, 2.45) is 11.8 Å². The number of carbonyl (C=O) groups excluding carboxylic acids is 1. The SMILES string of the molecule is CNc1nc(Nc2cccc(F)c2)ncc1C#CC1CC(CC(=O)[C@H](C)NC)C1. The Hall–Kier alpha value is -2.98. The molecule has 1 aliphatic rings. The van der Waals surface area contributed by atoms with Gasteiger partial charge in [0.25, 0.3) is 0 Å². The van der Waals surface area contributed by atoms with E-state index in [0.717, 1.165) is 12.8 Å². The summed E-state index contributed by atoms with van der Waals surface area (Å²) in [6.07, 6.45) is 4.17. The van der Waals surface area contributed by atoms with E-state index in [1.165, 1.54) is 12.1 Å². The Morgan fingerprint density at radius 2 is 2.14 bits per heavy atom. The molecule has 1 heterocycles. The fraction of sp³-hybridized carbons (Fsp3) is 0.409. The van der Waals surface area contributed by atoms with Crippen molar-refractivity contribution in [1.29, 1.82) is 0 Å². The normalized spacial score (nSPS) is 18.8. The molecule has 0 spiro atoms. The third-order valence-electron chi connectivity index (χ3n) is 5.16. The maximum atomic E-state index is 13.3. The number of ketones is 1. The van der Waals surface area contributed by atoms with Gasteiger partial charge in [0.2, 0.25) is 5.95 Å². The van der Waals surface area contributed by atoms with Crippen LogP contribution in [0.5, 0.6) is 0 Å². The molecule has 1 atom stereocenters. The lowest BCUT2D eigenvalue weighted by Crippen LogP contribution is -2.34. The first kappa shape index (κ1) is 20.7. The van der Waals surface area contributed by atoms with Gasteiger partial charge in [0, 0.05) is 25.1 Å². The molecule has 7 heteroatoms. The van der Waals surface area contributed by atoms with Crippen molar-refractivity contribution in [3.63, 3.8) is 0 Å². The van der Waals surface area contributed by atoms with Gasteiger partial charge in [-0.25, -0.2) is 9.37 Å². The number of hydrogen-bond acceptors (Lipinski definition) is 6. The fourth-order valence-corrected chi connectivity index (χ4v) is 3.24. The molecule has 1 fully saturated rings. The van der Waals surface area contributed by atoms with Crippen LogP contribution >= 0.6 is 0 Å². The lowest BCUT2D eigenvalue weighted by atomic mass is 9.72. The third kappa shape index (κ3) is 5.52. The molecule has 0 unspecified atom stereocenters. The summed E-state index contributed by atoms with van der Waals surface area (Å²) < 4.78 is 13.3. The quantitative estimate of drug-likeness (QED) is 0.624. The van der Waals surface area contributed by atoms with E-state index >= 15 is 0 Å². The number of halogens is 1. The summed E-state index contributed by atoms with van der Waals surface area (Å²) in [5, 5.41) is 9.00. The zero-order valence-corrected chi connectivity index (χ0v) is 16.9. The topological polar surface area (TPSA) is 78.9 Å². The number of hydrogen-bond donors (Lipinski definition) is 3. The van der Waals surface area contributed by atoms with E-state index in [1.54, 1.807) is 32.4 Å². The summed E-state index contributed by atoms with van der Waals surface area (Å²) in [5.74, 6) is 8.05. The molecule has 3 N–H and O–H groups in total. The van der Waals surface area contributed by atoms with Crippen LogP contribution in [0.25, 0.3) is 0 Å². The second kappa shape index (κ2) is 9.48. The van der Waals surface area contributed by atoms with Gasteiger partial charge in [0.1, 0.15) is 17.4 Å². The number of nitrogens with zero attached hydrogens (tertiary/aromatic N) is 2. The van der Waals surface area contributed by atoms with Crippen molar-refractivity contribution in [1.82, 2.24) is 15.3 Å². The van der Waals surface area contributed by atoms with Crippen LogP contribution in [0.1, 0.15) is 31.7 Å². The molecule has 29 heavy (non-hydrogen) atoms. The van der Waals surface area contributed by atoms with Crippen LogP contribution in [0.3, 0.4) is 0 Å². The first-order chi connectivity index (χ1) is 14.0. The fourth-order valence-electron chi connectivity index (χ4n) is 3.24. The molecule has 1 aromatic heterocycles. The van der Waals surface area contributed by atoms with Gasteiger partial charge in [-0.3, -0.25) is 4.79 Å². The van der Waals surface area contributed by atoms with Crippen LogP contribution in [0.15, 0.2) is 30.5 Å². The molecule has 0 saturated heterocycles. The zero-order chi connectivity index (χ0) is 20.8. The Kier molecular flexibility index (Phi) is 6.78. The number of anilines is 3. The highest BCUT2D eigenvalue weighted by molar-refractivity contribution is 5.83. The molecule has 2 aromatic rings. The Bertz CT molecular complexity index is 930. The first-order valence-corrected chi connectivity index (χ1v) is 9.77. The van der Waals surface area contributed by atoms with E-state index in [0.29, 0.717) is 41.3 Å². The molecule has 0 aliphatic heterocycles. The number of carbonyl (C=O) groups is 1. The van der Waals surface area contributed by atoms with Gasteiger partial charge in [-0.05, 0) is 50.9 Å². The van der Waals surface area contributed by atoms with Gasteiger partial charge in [0.05, 0.1) is 17.8 Å². The van der Waals surface area contributed by atoms with E-state index in [1.807, 2.05) is 6.92 Å². The molecular formula is C22H26FN5O. The van der Waals surface area contributed by atoms with E-state index in [4.69, 9.17) is 0 Å². The zero-order valence-electron chi connectivity index (χ0n) is 16.9. The van der Waals surface area contributed by atoms with E-state index in [9.17, 15) is 9.18 Å². The highest BCUT2D eigenvalue weighted by atomic mass is 19.1. The summed E-state index contributed by atoms with van der Waals surface area (Å²) in [6.45, 7) is 1.89. The van der Waals surface area contributed by atoms with Crippen LogP contribution in [-0.2, 0) is 4.79 Å². The Labute approximate surface area is 170 Å². The van der Waals surface area contributed by atoms with Gasteiger partial charge in [-0.15, -0.1) is 0 Å². The summed E-state index contributed by atoms with van der Waals surface area (Å²) >= 11 is 0. The van der Waals surface area contributed by atoms with Crippen LogP contribution in [0.4, 0.5) is 21.8 Å². The molecule has 0 radical (unpaired) electrons. The number of likely N-dealkylation sites (N-methyl/N-ethyl adjacent to an activating group) is 1. The number of rotatable bonds is 7. The molecule has 0 bridgehead atoms. The van der Waals surface area contributed by atoms with Crippen molar-refractivity contribution in [2.45, 2.75) is 32.2 Å². The van der Waals surface area contributed by atoms with Gasteiger partial charge >= 0.3 is 0 Å². The lowest BCUT2D eigenvalue weighted by molar-refractivity contribution is -0.122. The van der Waals surface area contributed by atoms with E-state index < -0.39 is 0 Å². The third-order valence-corrected chi connectivity index (χ3v) is 5.16. The molecule has 6 nitrogen and oxygen atoms in total. The Balaban J connectivity index is 1.59. The van der Waals surface area contributed by atoms with Crippen molar-refractivity contribution >= 4 is 23.2 Å². The average Bonchev–Trinajstić information content (AvgIpc) is 2.69. The first-order valence-electron chi connectivity index (χ1n) is 9.77. The van der Waals surface area contributed by atoms with E-state index in [-0.39, 0.29) is 17.6 Å². The predicted molar refractivity (Wildman–Crippen MR) is 112 cm³/mol. The standard InChI is InChI=1S/C22H26FN5O/c1-14(24-2)20(29)11-16-9-15(10-16)7-8-17-13-26-22(28-21(17)25-3)27-19-6-4-5-18(23)12-19/h4-6,12-16,24H,9-11H2,1-3H3,(H2,25,26,27,28)/t14-,15?,16?/m0/s1. The van der Waals surface area contributed by atoms with Crippen molar-refractivity contribution in [3.05, 3.63) is 41.8 Å². The van der Waals surface area contributed by atoms with Crippen LogP contribution < -0.4 is 16.0 Å². The molecule has 1 aromatic carbocycles. The Morgan fingerprint density at radius 1 is 1.34 bits per heavy atom. The molecular weight excluding hydrogens is 369 g/mol. The Morgan fingerprint density at radius 3 is 2.83 bits per heavy atom. The number of aromatic nitrogens is 2. The number of nitrogens with one attached hydrogen (secondary N) is 3. The van der Waals surface area contributed by atoms with Gasteiger partial charge < -0.3 is 16.0 Å². The minimum absolute atomic E-state index is 0.0880. The summed E-state index contributed by atoms with van der Waals surface area (Å²) in [7, 11) is 3.57. The summed E-state index contributed by atoms with van der Waals surface area (Å²) in [4.78, 5) is 20.7. The second-order valence-electron chi connectivity index (χ2n) is 7.33. The van der Waals surface area contributed by atoms with Gasteiger partial charge in [0.15, 0.2) is 0 Å². The smallest absolute Gasteiger partial charge is 0.229 e. The minimum Gasteiger partial charge on any atom is -0.372 e. The van der Waals surface area contributed by atoms with Crippen molar-refractivity contribution in [2.75, 3.05) is 24.7 Å². The maximum absolute atomic E-state index is 13.3. The maximum Gasteiger partial charge on any atom is 0.229 e. The highest BCUT2D eigenvalue weighted by Gasteiger charge is 2.30. The van der Waals surface area contributed by atoms with Gasteiger partial charge in [-0.2, -0.15) is 4.98 Å². The molecule has 3 rings (SSSR count). The van der Waals surface area contributed by atoms with Gasteiger partial charge in [-0.1, -0.05) is 17.9 Å². The second-order valence-corrected chi connectivity index (χ2v) is 7.33. The van der Waals surface area contributed by atoms with Crippen LogP contribution in [0.2, 0.25) is 0 Å². The summed E-state index contributed by atoms with van der Waals surface area (Å²) in [6, 6.07) is 6.04. The van der Waals surface area contributed by atoms with E-state index in [2.05, 4.69) is 37.8 Å². The molecule has 0 amide bonds. The van der Waals surface area contributed by atoms with Crippen molar-refractivity contribution < 1.29 is 9.18 Å². The van der Waals surface area contributed by atoms with Crippen LogP contribution in [0, 0.1) is 29.5 Å². The molecule has 152 valence electrons. The lowest BCUT2D eigenvalue weighted by Gasteiger charge is -2.32. The molecule has 1 aliphatic carbocycles. The minimum atomic E-state index is -0.327. The average molecular weight is 395 g/mol.